The van der Waals surface area contributed by atoms with Gasteiger partial charge in [-0.3, -0.25) is 24.3 Å². The monoisotopic (exact) mass is 854 g/mol. The predicted octanol–water partition coefficient (Wildman–Crippen LogP) is 6.29. The summed E-state index contributed by atoms with van der Waals surface area (Å²) in [6.07, 6.45) is -6.52. The van der Waals surface area contributed by atoms with Gasteiger partial charge in [0, 0.05) is 38.4 Å². The minimum Gasteiger partial charge on any atom is -0.479 e. The normalized spacial score (nSPS) is 15.8. The lowest BCUT2D eigenvalue weighted by Gasteiger charge is -2.39. The Morgan fingerprint density at radius 1 is 0.565 bits per heavy atom. The Morgan fingerprint density at radius 3 is 1.39 bits per heavy atom. The number of piperazine rings is 2. The standard InChI is InChI=1S/C31H33F3N4O2.2C8H8O3/c32-31(33,34)26-13-7-14-27(21-26)36-19-17-35(18-20-36)15-8-16-38-28(39)22-37(23-29(38)40)30(24-9-3-1-4-10-24)25-11-5-2-6-12-25;2*9-7(8(10)11)6-4-2-1-3-5-6/h1-7,9-14,21,30H,8,15-20,22-23H2;2*1-5,7,9H,(H,10,11). The molecular weight excluding hydrogens is 806 g/mol. The Kier molecular flexibility index (Phi) is 16.9. The fraction of sp³-hybridized carbons (Fsp3) is 0.277. The molecule has 2 saturated heterocycles. The third-order valence-corrected chi connectivity index (χ3v) is 10.3. The number of aliphatic carboxylic acids is 2. The number of carboxylic acids is 2. The summed E-state index contributed by atoms with van der Waals surface area (Å²) >= 11 is 0. The molecule has 7 rings (SSSR count). The lowest BCUT2D eigenvalue weighted by molar-refractivity contribution is -0.152. The molecule has 0 aromatic heterocycles. The molecule has 62 heavy (non-hydrogen) atoms. The van der Waals surface area contributed by atoms with Crippen molar-refractivity contribution in [2.24, 2.45) is 0 Å². The summed E-state index contributed by atoms with van der Waals surface area (Å²) < 4.78 is 39.2. The molecule has 0 saturated carbocycles. The quantitative estimate of drug-likeness (QED) is 0.105. The molecule has 12 nitrogen and oxygen atoms in total. The SMILES string of the molecule is O=C(O)C(O)c1ccccc1.O=C(O)C(O)c1ccccc1.O=C1CN(C(c2ccccc2)c2ccccc2)CC(=O)N1CCCN1CCN(c2cccc(C(F)(F)F)c2)CC1. The molecule has 326 valence electrons. The zero-order valence-electron chi connectivity index (χ0n) is 33.8. The van der Waals surface area contributed by atoms with Gasteiger partial charge in [0.25, 0.3) is 0 Å². The molecule has 0 spiro atoms. The Bertz CT molecular complexity index is 2080. The Labute approximate surface area is 357 Å². The van der Waals surface area contributed by atoms with Crippen LogP contribution in [0.15, 0.2) is 146 Å². The third-order valence-electron chi connectivity index (χ3n) is 10.3. The molecular formula is C47H49F3N4O8. The molecule has 0 aliphatic carbocycles. The molecule has 4 N–H and O–H groups in total. The largest absolute Gasteiger partial charge is 0.479 e. The highest BCUT2D eigenvalue weighted by molar-refractivity contribution is 5.99. The second-order valence-electron chi connectivity index (χ2n) is 14.6. The van der Waals surface area contributed by atoms with Gasteiger partial charge in [0.05, 0.1) is 24.7 Å². The first-order chi connectivity index (χ1) is 29.7. The van der Waals surface area contributed by atoms with Crippen molar-refractivity contribution >= 4 is 29.4 Å². The average Bonchev–Trinajstić information content (AvgIpc) is 3.28. The van der Waals surface area contributed by atoms with Gasteiger partial charge in [0.1, 0.15) is 0 Å². The van der Waals surface area contributed by atoms with E-state index in [0.717, 1.165) is 17.2 Å². The van der Waals surface area contributed by atoms with E-state index < -0.39 is 35.9 Å². The number of carbonyl (C=O) groups excluding carboxylic acids is 2. The highest BCUT2D eigenvalue weighted by Gasteiger charge is 2.36. The van der Waals surface area contributed by atoms with Gasteiger partial charge in [-0.2, -0.15) is 13.2 Å². The van der Waals surface area contributed by atoms with E-state index in [2.05, 4.69) is 4.90 Å². The van der Waals surface area contributed by atoms with Crippen molar-refractivity contribution in [3.63, 3.8) is 0 Å². The predicted molar refractivity (Wildman–Crippen MR) is 226 cm³/mol. The molecule has 2 fully saturated rings. The molecule has 5 aromatic carbocycles. The Hall–Kier alpha value is -6.39. The Morgan fingerprint density at radius 2 is 0.984 bits per heavy atom. The van der Waals surface area contributed by atoms with Gasteiger partial charge in [0.2, 0.25) is 11.8 Å². The molecule has 2 aliphatic heterocycles. The number of hydrogen-bond acceptors (Lipinski definition) is 9. The van der Waals surface area contributed by atoms with Crippen molar-refractivity contribution in [2.75, 3.05) is 57.3 Å². The van der Waals surface area contributed by atoms with E-state index in [4.69, 9.17) is 20.4 Å². The van der Waals surface area contributed by atoms with Crippen LogP contribution in [-0.4, -0.2) is 111 Å². The maximum absolute atomic E-state index is 13.1. The van der Waals surface area contributed by atoms with Crippen LogP contribution < -0.4 is 4.90 Å². The summed E-state index contributed by atoms with van der Waals surface area (Å²) in [6, 6.07) is 41.6. The van der Waals surface area contributed by atoms with E-state index in [9.17, 15) is 32.3 Å². The number of carbonyl (C=O) groups is 4. The van der Waals surface area contributed by atoms with Crippen LogP contribution in [0.25, 0.3) is 0 Å². The fourth-order valence-electron chi connectivity index (χ4n) is 7.15. The van der Waals surface area contributed by atoms with E-state index >= 15 is 0 Å². The van der Waals surface area contributed by atoms with Gasteiger partial charge in [-0.05, 0) is 53.4 Å². The number of carboxylic acid groups (broad SMARTS) is 2. The molecule has 5 aromatic rings. The minimum absolute atomic E-state index is 0.163. The van der Waals surface area contributed by atoms with Crippen LogP contribution in [0, 0.1) is 0 Å². The van der Waals surface area contributed by atoms with Crippen LogP contribution in [0.1, 0.15) is 52.5 Å². The molecule has 2 aliphatic rings. The van der Waals surface area contributed by atoms with Crippen molar-refractivity contribution in [1.82, 2.24) is 14.7 Å². The molecule has 0 radical (unpaired) electrons. The first-order valence-electron chi connectivity index (χ1n) is 20.0. The number of amides is 2. The maximum atomic E-state index is 13.1. The number of rotatable bonds is 12. The lowest BCUT2D eigenvalue weighted by atomic mass is 9.96. The summed E-state index contributed by atoms with van der Waals surface area (Å²) in [4.78, 5) is 54.3. The highest BCUT2D eigenvalue weighted by atomic mass is 19.4. The zero-order chi connectivity index (χ0) is 44.6. The molecule has 15 heteroatoms. The van der Waals surface area contributed by atoms with Gasteiger partial charge in [-0.1, -0.05) is 127 Å². The van der Waals surface area contributed by atoms with E-state index in [1.165, 1.54) is 17.0 Å². The van der Waals surface area contributed by atoms with Gasteiger partial charge in [-0.25, -0.2) is 9.59 Å². The summed E-state index contributed by atoms with van der Waals surface area (Å²) in [5.41, 5.74) is 2.81. The fourth-order valence-corrected chi connectivity index (χ4v) is 7.15. The number of nitrogens with zero attached hydrogens (tertiary/aromatic N) is 4. The van der Waals surface area contributed by atoms with Crippen molar-refractivity contribution in [1.29, 1.82) is 0 Å². The number of benzene rings is 5. The second-order valence-corrected chi connectivity index (χ2v) is 14.6. The topological polar surface area (TPSA) is 162 Å². The first kappa shape index (κ1) is 46.7. The summed E-state index contributed by atoms with van der Waals surface area (Å²) in [5, 5.41) is 34.8. The highest BCUT2D eigenvalue weighted by Crippen LogP contribution is 2.32. The van der Waals surface area contributed by atoms with Gasteiger partial charge < -0.3 is 25.3 Å². The van der Waals surface area contributed by atoms with Crippen molar-refractivity contribution < 1.29 is 52.8 Å². The van der Waals surface area contributed by atoms with E-state index in [0.29, 0.717) is 62.5 Å². The number of imide groups is 1. The first-order valence-corrected chi connectivity index (χ1v) is 20.0. The van der Waals surface area contributed by atoms with Gasteiger partial charge in [0.15, 0.2) is 12.2 Å². The van der Waals surface area contributed by atoms with E-state index in [-0.39, 0.29) is 30.9 Å². The van der Waals surface area contributed by atoms with Crippen molar-refractivity contribution in [2.45, 2.75) is 30.8 Å². The van der Waals surface area contributed by atoms with Crippen LogP contribution in [-0.2, 0) is 25.4 Å². The number of aliphatic hydroxyl groups is 2. The average molecular weight is 855 g/mol. The summed E-state index contributed by atoms with van der Waals surface area (Å²) in [7, 11) is 0. The number of hydrogen-bond donors (Lipinski definition) is 4. The van der Waals surface area contributed by atoms with Crippen LogP contribution in [0.4, 0.5) is 18.9 Å². The zero-order valence-corrected chi connectivity index (χ0v) is 33.8. The van der Waals surface area contributed by atoms with E-state index in [1.807, 2.05) is 70.5 Å². The number of halogens is 3. The van der Waals surface area contributed by atoms with Crippen molar-refractivity contribution in [3.8, 4) is 0 Å². The van der Waals surface area contributed by atoms with Crippen LogP contribution in [0.3, 0.4) is 0 Å². The Balaban J connectivity index is 0.000000267. The molecule has 0 bridgehead atoms. The van der Waals surface area contributed by atoms with Gasteiger partial charge in [-0.15, -0.1) is 0 Å². The second kappa shape index (κ2) is 22.5. The minimum atomic E-state index is -4.36. The van der Waals surface area contributed by atoms with Crippen LogP contribution >= 0.6 is 0 Å². The van der Waals surface area contributed by atoms with Crippen LogP contribution in [0.2, 0.25) is 0 Å². The molecule has 2 heterocycles. The van der Waals surface area contributed by atoms with Gasteiger partial charge >= 0.3 is 18.1 Å². The van der Waals surface area contributed by atoms with Crippen LogP contribution in [0.5, 0.6) is 0 Å². The molecule has 2 unspecified atom stereocenters. The molecule has 2 atom stereocenters. The summed E-state index contributed by atoms with van der Waals surface area (Å²) in [6.45, 7) is 4.07. The third kappa shape index (κ3) is 13.3. The lowest BCUT2D eigenvalue weighted by Crippen LogP contribution is -2.55. The maximum Gasteiger partial charge on any atom is 0.416 e. The number of aliphatic hydroxyl groups excluding tert-OH is 2. The number of anilines is 1. The number of alkyl halides is 3. The summed E-state index contributed by atoms with van der Waals surface area (Å²) in [5.74, 6) is -2.84. The molecule has 2 amide bonds. The van der Waals surface area contributed by atoms with E-state index in [1.54, 1.807) is 66.7 Å². The van der Waals surface area contributed by atoms with Crippen molar-refractivity contribution in [3.05, 3.63) is 173 Å². The smallest absolute Gasteiger partial charge is 0.416 e.